The molecular formula is C12H14ClN3O. The minimum absolute atomic E-state index is 0.223. The minimum atomic E-state index is 0.223. The third-order valence-corrected chi connectivity index (χ3v) is 4.31. The van der Waals surface area contributed by atoms with E-state index in [1.54, 1.807) is 0 Å². The average Bonchev–Trinajstić information content (AvgIpc) is 2.91. The topological polar surface area (TPSA) is 54.9 Å². The van der Waals surface area contributed by atoms with Gasteiger partial charge in [-0.2, -0.15) is 0 Å². The molecule has 2 fully saturated rings. The molecule has 1 N–H and O–H groups in total. The van der Waals surface area contributed by atoms with Gasteiger partial charge in [0, 0.05) is 6.04 Å². The highest BCUT2D eigenvalue weighted by Gasteiger charge is 2.39. The summed E-state index contributed by atoms with van der Waals surface area (Å²) in [6, 6.07) is 0.443. The minimum Gasteiger partial charge on any atom is -0.366 e. The zero-order valence-corrected chi connectivity index (χ0v) is 10.2. The van der Waals surface area contributed by atoms with Crippen LogP contribution in [0.4, 0.5) is 5.82 Å². The Morgan fingerprint density at radius 3 is 2.88 bits per heavy atom. The summed E-state index contributed by atoms with van der Waals surface area (Å²) in [6.07, 6.45) is 7.26. The van der Waals surface area contributed by atoms with Gasteiger partial charge in [-0.15, -0.1) is 0 Å². The summed E-state index contributed by atoms with van der Waals surface area (Å²) in [5.74, 6) is 2.17. The molecule has 0 amide bonds. The summed E-state index contributed by atoms with van der Waals surface area (Å²) in [5, 5.41) is 3.59. The second-order valence-electron chi connectivity index (χ2n) is 4.97. The fraction of sp³-hybridized carbons (Fsp3) is 0.583. The number of aromatic nitrogens is 2. The molecule has 2 bridgehead atoms. The van der Waals surface area contributed by atoms with Crippen LogP contribution in [0.5, 0.6) is 0 Å². The first-order valence-electron chi connectivity index (χ1n) is 6.00. The zero-order chi connectivity index (χ0) is 11.8. The summed E-state index contributed by atoms with van der Waals surface area (Å²) in [5.41, 5.74) is 0.372. The van der Waals surface area contributed by atoms with Gasteiger partial charge in [0.25, 0.3) is 0 Å². The molecule has 0 aliphatic heterocycles. The van der Waals surface area contributed by atoms with E-state index < -0.39 is 0 Å². The molecule has 17 heavy (non-hydrogen) atoms. The lowest BCUT2D eigenvalue weighted by Gasteiger charge is -2.23. The van der Waals surface area contributed by atoms with Crippen molar-refractivity contribution in [3.05, 3.63) is 17.0 Å². The highest BCUT2D eigenvalue weighted by Crippen LogP contribution is 2.45. The molecule has 0 aromatic carbocycles. The van der Waals surface area contributed by atoms with Gasteiger partial charge >= 0.3 is 0 Å². The number of hydrogen-bond donors (Lipinski definition) is 1. The Labute approximate surface area is 105 Å². The first-order valence-corrected chi connectivity index (χ1v) is 6.38. The van der Waals surface area contributed by atoms with Crippen molar-refractivity contribution in [1.82, 2.24) is 9.97 Å². The van der Waals surface area contributed by atoms with Gasteiger partial charge in [0.1, 0.15) is 17.3 Å². The van der Waals surface area contributed by atoms with E-state index in [0.717, 1.165) is 18.1 Å². The fourth-order valence-corrected chi connectivity index (χ4v) is 3.37. The molecule has 3 unspecified atom stereocenters. The van der Waals surface area contributed by atoms with Crippen molar-refractivity contribution in [2.75, 3.05) is 5.32 Å². The van der Waals surface area contributed by atoms with Crippen LogP contribution < -0.4 is 5.32 Å². The summed E-state index contributed by atoms with van der Waals surface area (Å²) in [7, 11) is 0. The number of aldehydes is 1. The van der Waals surface area contributed by atoms with Crippen molar-refractivity contribution in [3.63, 3.8) is 0 Å². The molecule has 0 saturated heterocycles. The Hall–Kier alpha value is -1.16. The highest BCUT2D eigenvalue weighted by molar-refractivity contribution is 6.32. The number of carbonyl (C=O) groups excluding carboxylic acids is 1. The average molecular weight is 252 g/mol. The fourth-order valence-electron chi connectivity index (χ4n) is 3.19. The standard InChI is InChI=1S/C12H14ClN3O/c13-11-9(5-17)12(15-6-14-11)16-10-4-7-1-2-8(10)3-7/h5-8,10H,1-4H2,(H,14,15,16). The number of halogens is 1. The molecular weight excluding hydrogens is 238 g/mol. The number of hydrogen-bond acceptors (Lipinski definition) is 4. The van der Waals surface area contributed by atoms with E-state index >= 15 is 0 Å². The number of nitrogens with zero attached hydrogens (tertiary/aromatic N) is 2. The van der Waals surface area contributed by atoms with Crippen molar-refractivity contribution in [1.29, 1.82) is 0 Å². The van der Waals surface area contributed by atoms with Gasteiger partial charge in [0.15, 0.2) is 6.29 Å². The first kappa shape index (κ1) is 11.0. The van der Waals surface area contributed by atoms with Gasteiger partial charge < -0.3 is 5.32 Å². The second kappa shape index (κ2) is 4.26. The monoisotopic (exact) mass is 251 g/mol. The van der Waals surface area contributed by atoms with E-state index in [0.29, 0.717) is 17.4 Å². The maximum Gasteiger partial charge on any atom is 0.156 e. The lowest BCUT2D eigenvalue weighted by atomic mass is 9.95. The summed E-state index contributed by atoms with van der Waals surface area (Å²) < 4.78 is 0. The summed E-state index contributed by atoms with van der Waals surface area (Å²) in [6.45, 7) is 0. The molecule has 1 aromatic rings. The largest absolute Gasteiger partial charge is 0.366 e. The second-order valence-corrected chi connectivity index (χ2v) is 5.33. The molecule has 2 saturated carbocycles. The van der Waals surface area contributed by atoms with Gasteiger partial charge in [-0.05, 0) is 31.1 Å². The van der Waals surface area contributed by atoms with Crippen molar-refractivity contribution in [2.45, 2.75) is 31.7 Å². The van der Waals surface area contributed by atoms with Gasteiger partial charge in [-0.25, -0.2) is 9.97 Å². The van der Waals surface area contributed by atoms with Crippen LogP contribution in [0.2, 0.25) is 5.15 Å². The van der Waals surface area contributed by atoms with Crippen LogP contribution in [-0.2, 0) is 0 Å². The van der Waals surface area contributed by atoms with Gasteiger partial charge in [-0.1, -0.05) is 18.0 Å². The van der Waals surface area contributed by atoms with Gasteiger partial charge in [-0.3, -0.25) is 4.79 Å². The van der Waals surface area contributed by atoms with E-state index in [9.17, 15) is 4.79 Å². The van der Waals surface area contributed by atoms with Crippen LogP contribution in [0.3, 0.4) is 0 Å². The Bertz CT molecular complexity index is 451. The maximum atomic E-state index is 11.0. The lowest BCUT2D eigenvalue weighted by Crippen LogP contribution is -2.27. The number of carbonyl (C=O) groups is 1. The van der Waals surface area contributed by atoms with Gasteiger partial charge in [0.2, 0.25) is 0 Å². The quantitative estimate of drug-likeness (QED) is 0.663. The van der Waals surface area contributed by atoms with Crippen molar-refractivity contribution in [2.24, 2.45) is 11.8 Å². The van der Waals surface area contributed by atoms with E-state index in [1.807, 2.05) is 0 Å². The Kier molecular flexibility index (Phi) is 2.74. The molecule has 3 rings (SSSR count). The van der Waals surface area contributed by atoms with Crippen molar-refractivity contribution < 1.29 is 4.79 Å². The summed E-state index contributed by atoms with van der Waals surface area (Å²) in [4.78, 5) is 18.9. The predicted molar refractivity (Wildman–Crippen MR) is 65.3 cm³/mol. The van der Waals surface area contributed by atoms with E-state index in [1.165, 1.54) is 32.0 Å². The van der Waals surface area contributed by atoms with E-state index in [2.05, 4.69) is 15.3 Å². The molecule has 4 nitrogen and oxygen atoms in total. The van der Waals surface area contributed by atoms with Crippen molar-refractivity contribution in [3.8, 4) is 0 Å². The van der Waals surface area contributed by atoms with Gasteiger partial charge in [0.05, 0.1) is 5.56 Å². The smallest absolute Gasteiger partial charge is 0.156 e. The molecule has 2 aliphatic carbocycles. The van der Waals surface area contributed by atoms with E-state index in [-0.39, 0.29) is 5.15 Å². The van der Waals surface area contributed by atoms with E-state index in [4.69, 9.17) is 11.6 Å². The Balaban J connectivity index is 1.81. The molecule has 3 atom stereocenters. The SMILES string of the molecule is O=Cc1c(Cl)ncnc1NC1CC2CCC1C2. The Morgan fingerprint density at radius 1 is 1.35 bits per heavy atom. The Morgan fingerprint density at radius 2 is 2.24 bits per heavy atom. The normalized spacial score (nSPS) is 30.5. The first-order chi connectivity index (χ1) is 8.28. The molecule has 5 heteroatoms. The number of anilines is 1. The third kappa shape index (κ3) is 1.90. The van der Waals surface area contributed by atoms with Crippen LogP contribution in [0.25, 0.3) is 0 Å². The molecule has 0 spiro atoms. The molecule has 1 heterocycles. The number of fused-ring (bicyclic) bond motifs is 2. The van der Waals surface area contributed by atoms with Crippen LogP contribution in [0.1, 0.15) is 36.0 Å². The number of nitrogens with one attached hydrogen (secondary N) is 1. The zero-order valence-electron chi connectivity index (χ0n) is 9.40. The van der Waals surface area contributed by atoms with Crippen LogP contribution >= 0.6 is 11.6 Å². The number of rotatable bonds is 3. The summed E-state index contributed by atoms with van der Waals surface area (Å²) >= 11 is 5.87. The highest BCUT2D eigenvalue weighted by atomic mass is 35.5. The third-order valence-electron chi connectivity index (χ3n) is 4.01. The van der Waals surface area contributed by atoms with Crippen molar-refractivity contribution >= 4 is 23.7 Å². The predicted octanol–water partition coefficient (Wildman–Crippen LogP) is 2.54. The van der Waals surface area contributed by atoms with Crippen LogP contribution in [-0.4, -0.2) is 22.3 Å². The lowest BCUT2D eigenvalue weighted by molar-refractivity contribution is 0.112. The molecule has 1 aromatic heterocycles. The van der Waals surface area contributed by atoms with Crippen LogP contribution in [0, 0.1) is 11.8 Å². The molecule has 0 radical (unpaired) electrons. The molecule has 90 valence electrons. The molecule has 2 aliphatic rings. The van der Waals surface area contributed by atoms with Crippen LogP contribution in [0.15, 0.2) is 6.33 Å². The maximum absolute atomic E-state index is 11.0.